The Morgan fingerprint density at radius 1 is 1.23 bits per heavy atom. The predicted molar refractivity (Wildman–Crippen MR) is 134 cm³/mol. The minimum atomic E-state index is -1.08. The lowest BCUT2D eigenvalue weighted by atomic mass is 9.85. The molecule has 0 radical (unpaired) electrons. The molecule has 0 bridgehead atoms. The minimum Gasteiger partial charge on any atom is -0.480 e. The summed E-state index contributed by atoms with van der Waals surface area (Å²) in [5.74, 6) is -1.82. The molecule has 0 saturated carbocycles. The van der Waals surface area contributed by atoms with Crippen LogP contribution in [0.25, 0.3) is 10.4 Å². The zero-order valence-corrected chi connectivity index (χ0v) is 21.6. The first-order chi connectivity index (χ1) is 16.4. The number of amides is 2. The van der Waals surface area contributed by atoms with E-state index < -0.39 is 35.5 Å². The largest absolute Gasteiger partial charge is 0.480 e. The van der Waals surface area contributed by atoms with E-state index in [9.17, 15) is 19.5 Å². The van der Waals surface area contributed by atoms with E-state index in [4.69, 9.17) is 5.11 Å². The van der Waals surface area contributed by atoms with Gasteiger partial charge >= 0.3 is 5.97 Å². The fraction of sp³-hybridized carbons (Fsp3) is 0.520. The van der Waals surface area contributed by atoms with Gasteiger partial charge in [0.25, 0.3) is 0 Å². The maximum absolute atomic E-state index is 13.4. The molecule has 0 aliphatic carbocycles. The highest BCUT2D eigenvalue weighted by atomic mass is 32.1. The number of aliphatic hydroxyl groups excluding tert-OH is 1. The number of carbonyl (C=O) groups is 3. The van der Waals surface area contributed by atoms with E-state index in [1.165, 1.54) is 4.90 Å². The van der Waals surface area contributed by atoms with Crippen molar-refractivity contribution in [3.05, 3.63) is 41.0 Å². The summed E-state index contributed by atoms with van der Waals surface area (Å²) in [6, 6.07) is 5.94. The Morgan fingerprint density at radius 2 is 1.89 bits per heavy atom. The van der Waals surface area contributed by atoms with Gasteiger partial charge in [0.15, 0.2) is 0 Å². The Hall–Kier alpha value is -2.82. The number of rotatable bonds is 8. The summed E-state index contributed by atoms with van der Waals surface area (Å²) in [6.45, 7) is 8.95. The van der Waals surface area contributed by atoms with E-state index in [0.29, 0.717) is 0 Å². The van der Waals surface area contributed by atoms with Crippen LogP contribution in [-0.4, -0.2) is 69.2 Å². The average molecular weight is 503 g/mol. The quantitative estimate of drug-likeness (QED) is 0.436. The van der Waals surface area contributed by atoms with Crippen molar-refractivity contribution in [3.8, 4) is 10.4 Å². The molecule has 1 fully saturated rings. The third-order valence-corrected chi connectivity index (χ3v) is 7.19. The SMILES string of the molecule is Cc1ncsc1-c1ccc(C(C)NC(=O)[C@@H]2C[C@@H](O)CN2C(=O)C(NCC(=O)O)C(C)(C)C)cc1. The zero-order chi connectivity index (χ0) is 25.9. The molecule has 2 amide bonds. The summed E-state index contributed by atoms with van der Waals surface area (Å²) in [6.07, 6.45) is -0.698. The number of carboxylic acids is 1. The second-order valence-electron chi connectivity index (χ2n) is 10.1. The van der Waals surface area contributed by atoms with Crippen molar-refractivity contribution in [2.45, 2.75) is 65.3 Å². The molecule has 4 N–H and O–H groups in total. The third-order valence-electron chi connectivity index (χ3n) is 6.21. The van der Waals surface area contributed by atoms with Crippen molar-refractivity contribution in [3.63, 3.8) is 0 Å². The topological polar surface area (TPSA) is 132 Å². The summed E-state index contributed by atoms with van der Waals surface area (Å²) in [5, 5.41) is 25.1. The Morgan fingerprint density at radius 3 is 2.43 bits per heavy atom. The van der Waals surface area contributed by atoms with E-state index in [0.717, 1.165) is 21.7 Å². The van der Waals surface area contributed by atoms with E-state index in [1.807, 2.05) is 64.4 Å². The smallest absolute Gasteiger partial charge is 0.317 e. The molecule has 1 aromatic heterocycles. The summed E-state index contributed by atoms with van der Waals surface area (Å²) in [7, 11) is 0. The highest BCUT2D eigenvalue weighted by molar-refractivity contribution is 7.13. The number of aliphatic hydroxyl groups is 1. The number of aryl methyl sites for hydroxylation is 1. The van der Waals surface area contributed by atoms with Gasteiger partial charge in [0, 0.05) is 13.0 Å². The lowest BCUT2D eigenvalue weighted by molar-refractivity contribution is -0.143. The fourth-order valence-electron chi connectivity index (χ4n) is 4.32. The van der Waals surface area contributed by atoms with Gasteiger partial charge in [-0.15, -0.1) is 11.3 Å². The predicted octanol–water partition coefficient (Wildman–Crippen LogP) is 2.35. The highest BCUT2D eigenvalue weighted by Gasteiger charge is 2.44. The van der Waals surface area contributed by atoms with Gasteiger partial charge < -0.3 is 20.4 Å². The molecule has 3 rings (SSSR count). The van der Waals surface area contributed by atoms with Crippen molar-refractivity contribution in [1.29, 1.82) is 0 Å². The van der Waals surface area contributed by atoms with Crippen LogP contribution in [0.4, 0.5) is 0 Å². The summed E-state index contributed by atoms with van der Waals surface area (Å²) in [4.78, 5) is 44.4. The van der Waals surface area contributed by atoms with Crippen LogP contribution in [0.1, 0.15) is 51.4 Å². The number of nitrogens with one attached hydrogen (secondary N) is 2. The number of thiazole rings is 1. The first kappa shape index (κ1) is 26.8. The molecular formula is C25H34N4O5S. The highest BCUT2D eigenvalue weighted by Crippen LogP contribution is 2.29. The van der Waals surface area contributed by atoms with Crippen LogP contribution in [0.15, 0.2) is 29.8 Å². The van der Waals surface area contributed by atoms with Gasteiger partial charge in [-0.25, -0.2) is 4.98 Å². The molecular weight excluding hydrogens is 468 g/mol. The molecule has 0 spiro atoms. The molecule has 1 aliphatic heterocycles. The molecule has 2 aromatic rings. The number of aliphatic carboxylic acids is 1. The average Bonchev–Trinajstić information content (AvgIpc) is 3.38. The number of likely N-dealkylation sites (tertiary alicyclic amines) is 1. The minimum absolute atomic E-state index is 0.0233. The van der Waals surface area contributed by atoms with Crippen LogP contribution in [0, 0.1) is 12.3 Å². The Kier molecular flexibility index (Phi) is 8.30. The van der Waals surface area contributed by atoms with Gasteiger partial charge in [0.1, 0.15) is 6.04 Å². The maximum Gasteiger partial charge on any atom is 0.317 e. The Bertz CT molecular complexity index is 1060. The summed E-state index contributed by atoms with van der Waals surface area (Å²) >= 11 is 1.58. The number of carbonyl (C=O) groups excluding carboxylic acids is 2. The van der Waals surface area contributed by atoms with Crippen molar-refractivity contribution in [2.24, 2.45) is 5.41 Å². The van der Waals surface area contributed by atoms with Crippen LogP contribution < -0.4 is 10.6 Å². The number of hydrogen-bond donors (Lipinski definition) is 4. The standard InChI is InChI=1S/C25H34N4O5S/c1-14(16-6-8-17(9-7-16)21-15(2)27-13-35-21)28-23(33)19-10-18(30)12-29(19)24(34)22(25(3,4)5)26-11-20(31)32/h6-9,13-14,18-19,22,26,30H,10-12H2,1-5H3,(H,28,33)(H,31,32)/t14?,18-,19+,22?/m1/s1. The van der Waals surface area contributed by atoms with E-state index in [2.05, 4.69) is 15.6 Å². The molecule has 2 heterocycles. The fourth-order valence-corrected chi connectivity index (χ4v) is 5.13. The van der Waals surface area contributed by atoms with Crippen molar-refractivity contribution >= 4 is 29.1 Å². The normalized spacial score (nSPS) is 19.9. The van der Waals surface area contributed by atoms with Gasteiger partial charge in [-0.2, -0.15) is 0 Å². The monoisotopic (exact) mass is 502 g/mol. The van der Waals surface area contributed by atoms with Gasteiger partial charge in [-0.1, -0.05) is 45.0 Å². The van der Waals surface area contributed by atoms with Gasteiger partial charge in [-0.05, 0) is 30.4 Å². The first-order valence-electron chi connectivity index (χ1n) is 11.6. The number of aromatic nitrogens is 1. The molecule has 9 nitrogen and oxygen atoms in total. The first-order valence-corrected chi connectivity index (χ1v) is 12.5. The molecule has 1 saturated heterocycles. The molecule has 10 heteroatoms. The van der Waals surface area contributed by atoms with Crippen LogP contribution in [0.3, 0.4) is 0 Å². The van der Waals surface area contributed by atoms with Gasteiger partial charge in [0.2, 0.25) is 11.8 Å². The molecule has 190 valence electrons. The molecule has 1 aromatic carbocycles. The van der Waals surface area contributed by atoms with Crippen molar-refractivity contribution in [2.75, 3.05) is 13.1 Å². The Balaban J connectivity index is 1.71. The molecule has 1 aliphatic rings. The van der Waals surface area contributed by atoms with Gasteiger partial charge in [0.05, 0.1) is 40.8 Å². The van der Waals surface area contributed by atoms with E-state index >= 15 is 0 Å². The lowest BCUT2D eigenvalue weighted by Gasteiger charge is -2.35. The second-order valence-corrected chi connectivity index (χ2v) is 10.9. The number of carboxylic acid groups (broad SMARTS) is 1. The lowest BCUT2D eigenvalue weighted by Crippen LogP contribution is -2.57. The van der Waals surface area contributed by atoms with Crippen molar-refractivity contribution < 1.29 is 24.6 Å². The zero-order valence-electron chi connectivity index (χ0n) is 20.7. The summed E-state index contributed by atoms with van der Waals surface area (Å²) in [5.41, 5.74) is 4.17. The van der Waals surface area contributed by atoms with Crippen LogP contribution in [0.2, 0.25) is 0 Å². The third kappa shape index (κ3) is 6.45. The number of nitrogens with zero attached hydrogens (tertiary/aromatic N) is 2. The number of benzene rings is 1. The number of hydrogen-bond acceptors (Lipinski definition) is 7. The Labute approximate surface area is 209 Å². The summed E-state index contributed by atoms with van der Waals surface area (Å²) < 4.78 is 0. The van der Waals surface area contributed by atoms with Gasteiger partial charge in [-0.3, -0.25) is 19.7 Å². The molecule has 4 atom stereocenters. The molecule has 2 unspecified atom stereocenters. The number of β-amino-alcohol motifs (C(OH)–C–C–N with tert-alkyl or cyclic N) is 1. The van der Waals surface area contributed by atoms with Crippen molar-refractivity contribution in [1.82, 2.24) is 20.5 Å². The van der Waals surface area contributed by atoms with Crippen LogP contribution in [-0.2, 0) is 14.4 Å². The van der Waals surface area contributed by atoms with E-state index in [-0.39, 0.29) is 31.5 Å². The molecule has 35 heavy (non-hydrogen) atoms. The van der Waals surface area contributed by atoms with Crippen LogP contribution >= 0.6 is 11.3 Å². The maximum atomic E-state index is 13.4. The second kappa shape index (κ2) is 10.8. The van der Waals surface area contributed by atoms with E-state index in [1.54, 1.807) is 11.3 Å². The van der Waals surface area contributed by atoms with Crippen LogP contribution in [0.5, 0.6) is 0 Å².